The third-order valence-electron chi connectivity index (χ3n) is 7.22. The number of fused-ring (bicyclic) bond motifs is 12. The third-order valence-corrected chi connectivity index (χ3v) is 7.22. The van der Waals surface area contributed by atoms with Crippen LogP contribution in [0, 0.1) is 12.1 Å². The van der Waals surface area contributed by atoms with E-state index in [1.807, 2.05) is 24.3 Å². The molecule has 8 rings (SSSR count). The largest absolute Gasteiger partial charge is 2.00 e. The zero-order chi connectivity index (χ0) is 23.6. The molecule has 0 atom stereocenters. The maximum atomic E-state index is 5.05. The molecule has 0 aliphatic heterocycles. The number of imidazole rings is 2. The van der Waals surface area contributed by atoms with Gasteiger partial charge >= 0.3 is 21.1 Å². The molecule has 0 amide bonds. The second-order valence-corrected chi connectivity index (χ2v) is 9.30. The summed E-state index contributed by atoms with van der Waals surface area (Å²) in [6, 6.07) is 36.2. The van der Waals surface area contributed by atoms with E-state index in [9.17, 15) is 0 Å². The van der Waals surface area contributed by atoms with Crippen molar-refractivity contribution in [2.45, 2.75) is 12.8 Å². The first-order valence-electron chi connectivity index (χ1n) is 12.2. The molecule has 0 bridgehead atoms. The van der Waals surface area contributed by atoms with Crippen molar-refractivity contribution in [3.05, 3.63) is 121 Å². The Morgan fingerprint density at radius 3 is 1.46 bits per heavy atom. The van der Waals surface area contributed by atoms with E-state index >= 15 is 0 Å². The minimum absolute atomic E-state index is 0. The Hall–Kier alpha value is -4.01. The van der Waals surface area contributed by atoms with E-state index in [0.29, 0.717) is 0 Å². The molecule has 4 aromatic carbocycles. The van der Waals surface area contributed by atoms with Crippen LogP contribution >= 0.6 is 0 Å². The Kier molecular flexibility index (Phi) is 5.12. The molecule has 0 aliphatic rings. The summed E-state index contributed by atoms with van der Waals surface area (Å²) in [5.74, 6) is 0. The summed E-state index contributed by atoms with van der Waals surface area (Å²) in [6.07, 6.45) is 5.97. The average Bonchev–Trinajstić information content (AvgIpc) is 3.58. The first-order valence-corrected chi connectivity index (χ1v) is 12.2. The molecule has 0 saturated heterocycles. The number of hydrogen-bond acceptors (Lipinski definition) is 2. The van der Waals surface area contributed by atoms with Gasteiger partial charge in [0.2, 0.25) is 0 Å². The molecule has 4 aromatic heterocycles. The van der Waals surface area contributed by atoms with Crippen LogP contribution in [0.25, 0.3) is 54.6 Å². The number of rotatable bonds is 3. The molecule has 0 spiro atoms. The normalized spacial score (nSPS) is 11.8. The van der Waals surface area contributed by atoms with Crippen LogP contribution in [-0.4, -0.2) is 18.8 Å². The second-order valence-electron chi connectivity index (χ2n) is 9.30. The van der Waals surface area contributed by atoms with E-state index in [1.54, 1.807) is 0 Å². The van der Waals surface area contributed by atoms with Gasteiger partial charge in [-0.1, -0.05) is 47.2 Å². The Labute approximate surface area is 227 Å². The molecule has 0 aliphatic carbocycles. The van der Waals surface area contributed by atoms with Gasteiger partial charge in [0, 0.05) is 34.8 Å². The van der Waals surface area contributed by atoms with Crippen molar-refractivity contribution in [3.8, 4) is 0 Å². The Balaban J connectivity index is 0.00000231. The SMILES string of the molecule is [Pt+2].[c-]1cccc2c1c1nc(CCc3cn4c5ccccc5c5ccc[c-]c5c4n3)cn1c1ccccc21. The van der Waals surface area contributed by atoms with Gasteiger partial charge in [-0.15, -0.1) is 59.3 Å². The third kappa shape index (κ3) is 3.33. The van der Waals surface area contributed by atoms with Crippen LogP contribution in [0.4, 0.5) is 0 Å². The minimum Gasteiger partial charge on any atom is -0.340 e. The Morgan fingerprint density at radius 2 is 0.973 bits per heavy atom. The quantitative estimate of drug-likeness (QED) is 0.152. The van der Waals surface area contributed by atoms with Crippen molar-refractivity contribution >= 4 is 54.6 Å². The van der Waals surface area contributed by atoms with Crippen molar-refractivity contribution in [1.29, 1.82) is 0 Å². The molecule has 8 aromatic rings. The summed E-state index contributed by atoms with van der Waals surface area (Å²) in [6.45, 7) is 0. The van der Waals surface area contributed by atoms with Crippen LogP contribution < -0.4 is 0 Å². The van der Waals surface area contributed by atoms with Crippen LogP contribution in [0.2, 0.25) is 0 Å². The van der Waals surface area contributed by atoms with Gasteiger partial charge < -0.3 is 8.80 Å². The Morgan fingerprint density at radius 1 is 0.541 bits per heavy atom. The molecule has 0 N–H and O–H groups in total. The number of hydrogen-bond donors (Lipinski definition) is 0. The van der Waals surface area contributed by atoms with E-state index in [1.165, 1.54) is 32.6 Å². The van der Waals surface area contributed by atoms with Crippen LogP contribution in [0.3, 0.4) is 0 Å². The molecule has 0 fully saturated rings. The summed E-state index contributed by atoms with van der Waals surface area (Å²) in [4.78, 5) is 10.1. The molecule has 4 heterocycles. The zero-order valence-electron chi connectivity index (χ0n) is 19.8. The van der Waals surface area contributed by atoms with Gasteiger partial charge in [-0.05, 0) is 35.7 Å². The summed E-state index contributed by atoms with van der Waals surface area (Å²) < 4.78 is 4.42. The number of aromatic nitrogens is 4. The van der Waals surface area contributed by atoms with Crippen LogP contribution in [0.1, 0.15) is 11.4 Å². The summed E-state index contributed by atoms with van der Waals surface area (Å²) in [7, 11) is 0. The number of pyridine rings is 2. The minimum atomic E-state index is 0. The van der Waals surface area contributed by atoms with E-state index in [0.717, 1.165) is 46.3 Å². The molecule has 0 saturated carbocycles. The van der Waals surface area contributed by atoms with Crippen LogP contribution in [0.5, 0.6) is 0 Å². The molecule has 178 valence electrons. The molecule has 37 heavy (non-hydrogen) atoms. The zero-order valence-corrected chi connectivity index (χ0v) is 22.0. The van der Waals surface area contributed by atoms with E-state index in [4.69, 9.17) is 9.97 Å². The van der Waals surface area contributed by atoms with Gasteiger partial charge in [0.1, 0.15) is 0 Å². The molecular formula is C32H20N4Pt. The fourth-order valence-electron chi connectivity index (χ4n) is 5.59. The standard InChI is InChI=1S/C32H20N4.Pt/c1-3-13-27-23(9-1)25-11-5-7-15-29(25)35-19-21(33-31(27)35)17-18-22-20-36-30-16-8-6-12-26(30)24-10-2-4-14-28(24)32(36)34-22;/h1-12,15-16,19-20H,17-18H2;/q-2;+2. The summed E-state index contributed by atoms with van der Waals surface area (Å²) in [5, 5.41) is 6.93. The molecule has 5 heteroatoms. The van der Waals surface area contributed by atoms with E-state index in [2.05, 4.69) is 94.0 Å². The van der Waals surface area contributed by atoms with Crippen molar-refractivity contribution in [2.75, 3.05) is 0 Å². The predicted molar refractivity (Wildman–Crippen MR) is 145 cm³/mol. The Bertz CT molecular complexity index is 1820. The fourth-order valence-corrected chi connectivity index (χ4v) is 5.59. The van der Waals surface area contributed by atoms with Gasteiger partial charge in [0.25, 0.3) is 0 Å². The van der Waals surface area contributed by atoms with Crippen LogP contribution in [0.15, 0.2) is 97.3 Å². The average molecular weight is 656 g/mol. The number of benzene rings is 4. The van der Waals surface area contributed by atoms with E-state index < -0.39 is 0 Å². The second kappa shape index (κ2) is 8.54. The molecule has 0 radical (unpaired) electrons. The first-order chi connectivity index (χ1) is 17.8. The number of nitrogens with zero attached hydrogens (tertiary/aromatic N) is 4. The smallest absolute Gasteiger partial charge is 0.340 e. The van der Waals surface area contributed by atoms with Crippen molar-refractivity contribution < 1.29 is 21.1 Å². The van der Waals surface area contributed by atoms with Gasteiger partial charge in [0.15, 0.2) is 0 Å². The first kappa shape index (κ1) is 22.2. The fraction of sp³-hybridized carbons (Fsp3) is 0.0625. The monoisotopic (exact) mass is 655 g/mol. The maximum Gasteiger partial charge on any atom is 2.00 e. The topological polar surface area (TPSA) is 34.6 Å². The van der Waals surface area contributed by atoms with Gasteiger partial charge in [-0.25, -0.2) is 0 Å². The molecular weight excluding hydrogens is 635 g/mol. The number of para-hydroxylation sites is 2. The maximum absolute atomic E-state index is 5.05. The van der Waals surface area contributed by atoms with Gasteiger partial charge in [-0.3, -0.25) is 9.97 Å². The van der Waals surface area contributed by atoms with Crippen molar-refractivity contribution in [2.24, 2.45) is 0 Å². The van der Waals surface area contributed by atoms with Crippen molar-refractivity contribution in [3.63, 3.8) is 0 Å². The molecule has 4 nitrogen and oxygen atoms in total. The number of aryl methyl sites for hydroxylation is 2. The van der Waals surface area contributed by atoms with E-state index in [-0.39, 0.29) is 21.1 Å². The molecule has 0 unspecified atom stereocenters. The van der Waals surface area contributed by atoms with Gasteiger partial charge in [0.05, 0.1) is 11.3 Å². The summed E-state index contributed by atoms with van der Waals surface area (Å²) in [5.41, 5.74) is 6.37. The predicted octanol–water partition coefficient (Wildman–Crippen LogP) is 6.98. The van der Waals surface area contributed by atoms with Crippen molar-refractivity contribution in [1.82, 2.24) is 18.8 Å². The summed E-state index contributed by atoms with van der Waals surface area (Å²) >= 11 is 0. The van der Waals surface area contributed by atoms with Gasteiger partial charge in [-0.2, -0.15) is 0 Å². The van der Waals surface area contributed by atoms with Crippen LogP contribution in [-0.2, 0) is 33.9 Å².